The molecule has 2 N–H and O–H groups in total. The number of carbonyl (C=O) groups is 2. The minimum absolute atomic E-state index is 0.145. The summed E-state index contributed by atoms with van der Waals surface area (Å²) < 4.78 is 7.49. The third-order valence-electron chi connectivity index (χ3n) is 4.73. The Balaban J connectivity index is 1.31. The number of anilines is 1. The lowest BCUT2D eigenvalue weighted by Gasteiger charge is -2.12. The predicted octanol–water partition coefficient (Wildman–Crippen LogP) is 3.82. The number of nitrogens with zero attached hydrogens (tertiary/aromatic N) is 2. The first-order valence-electron chi connectivity index (χ1n) is 10.1. The van der Waals surface area contributed by atoms with Gasteiger partial charge in [-0.15, -0.1) is 0 Å². The van der Waals surface area contributed by atoms with E-state index in [2.05, 4.69) is 15.7 Å². The molecule has 1 heterocycles. The normalized spacial score (nSPS) is 10.4. The molecule has 32 heavy (non-hydrogen) atoms. The summed E-state index contributed by atoms with van der Waals surface area (Å²) >= 11 is 0. The van der Waals surface area contributed by atoms with Gasteiger partial charge in [-0.3, -0.25) is 9.59 Å². The molecule has 0 saturated carbocycles. The molecule has 2 amide bonds. The van der Waals surface area contributed by atoms with Gasteiger partial charge in [0, 0.05) is 29.2 Å². The Morgan fingerprint density at radius 3 is 2.38 bits per heavy atom. The lowest BCUT2D eigenvalue weighted by molar-refractivity contribution is -0.115. The van der Waals surface area contributed by atoms with Crippen LogP contribution in [0.4, 0.5) is 5.69 Å². The second-order valence-corrected chi connectivity index (χ2v) is 6.99. The molecule has 0 aliphatic rings. The molecule has 0 bridgehead atoms. The first kappa shape index (κ1) is 20.9. The second kappa shape index (κ2) is 10.1. The van der Waals surface area contributed by atoms with Crippen molar-refractivity contribution < 1.29 is 14.3 Å². The minimum atomic E-state index is -0.332. The van der Waals surface area contributed by atoms with E-state index in [-0.39, 0.29) is 25.0 Å². The van der Waals surface area contributed by atoms with Crippen molar-refractivity contribution in [1.29, 1.82) is 0 Å². The Morgan fingerprint density at radius 2 is 1.62 bits per heavy atom. The number of hydrogen-bond donors (Lipinski definition) is 2. The van der Waals surface area contributed by atoms with Crippen LogP contribution in [-0.2, 0) is 11.4 Å². The van der Waals surface area contributed by atoms with Crippen LogP contribution in [0.2, 0.25) is 0 Å². The Labute approximate surface area is 185 Å². The average molecular weight is 426 g/mol. The molecule has 1 aromatic heterocycles. The molecular formula is C25H22N4O3. The van der Waals surface area contributed by atoms with E-state index in [1.165, 1.54) is 0 Å². The van der Waals surface area contributed by atoms with Gasteiger partial charge < -0.3 is 15.4 Å². The number of nitrogens with one attached hydrogen (secondary N) is 2. The highest BCUT2D eigenvalue weighted by atomic mass is 16.5. The average Bonchev–Trinajstić information content (AvgIpc) is 3.38. The molecular weight excluding hydrogens is 404 g/mol. The van der Waals surface area contributed by atoms with Crippen molar-refractivity contribution in [1.82, 2.24) is 15.1 Å². The van der Waals surface area contributed by atoms with E-state index in [1.54, 1.807) is 35.1 Å². The minimum Gasteiger partial charge on any atom is -0.489 e. The summed E-state index contributed by atoms with van der Waals surface area (Å²) in [6, 6.07) is 25.7. The van der Waals surface area contributed by atoms with Crippen molar-refractivity contribution in [2.45, 2.75) is 6.61 Å². The van der Waals surface area contributed by atoms with Crippen LogP contribution in [0.25, 0.3) is 5.69 Å². The predicted molar refractivity (Wildman–Crippen MR) is 122 cm³/mol. The summed E-state index contributed by atoms with van der Waals surface area (Å²) in [5.41, 5.74) is 2.73. The summed E-state index contributed by atoms with van der Waals surface area (Å²) in [5, 5.41) is 9.61. The van der Waals surface area contributed by atoms with Crippen LogP contribution >= 0.6 is 0 Å². The van der Waals surface area contributed by atoms with E-state index in [4.69, 9.17) is 4.74 Å². The molecule has 7 nitrogen and oxygen atoms in total. The maximum absolute atomic E-state index is 12.7. The van der Waals surface area contributed by atoms with Crippen LogP contribution in [0.5, 0.6) is 5.75 Å². The summed E-state index contributed by atoms with van der Waals surface area (Å²) in [5.74, 6) is 0.0744. The highest BCUT2D eigenvalue weighted by Crippen LogP contribution is 2.15. The van der Waals surface area contributed by atoms with Crippen LogP contribution in [0.3, 0.4) is 0 Å². The number of ether oxygens (including phenoxy) is 1. The summed E-state index contributed by atoms with van der Waals surface area (Å²) in [6.45, 7) is 0.107. The number of amides is 2. The lowest BCUT2D eigenvalue weighted by Crippen LogP contribution is -2.33. The van der Waals surface area contributed by atoms with Crippen LogP contribution in [0.15, 0.2) is 97.3 Å². The van der Waals surface area contributed by atoms with E-state index < -0.39 is 0 Å². The number of benzene rings is 3. The smallest absolute Gasteiger partial charge is 0.252 e. The summed E-state index contributed by atoms with van der Waals surface area (Å²) in [6.07, 6.45) is 3.54. The van der Waals surface area contributed by atoms with Crippen molar-refractivity contribution in [2.75, 3.05) is 11.9 Å². The molecule has 0 aliphatic heterocycles. The summed E-state index contributed by atoms with van der Waals surface area (Å²) in [7, 11) is 0. The number of hydrogen-bond acceptors (Lipinski definition) is 4. The van der Waals surface area contributed by atoms with Crippen LogP contribution < -0.4 is 15.4 Å². The van der Waals surface area contributed by atoms with Crippen LogP contribution in [0, 0.1) is 0 Å². The third kappa shape index (κ3) is 5.40. The van der Waals surface area contributed by atoms with Crippen LogP contribution in [0.1, 0.15) is 15.9 Å². The fraction of sp³-hybridized carbons (Fsp3) is 0.0800. The van der Waals surface area contributed by atoms with E-state index in [0.717, 1.165) is 17.0 Å². The highest BCUT2D eigenvalue weighted by molar-refractivity contribution is 6.00. The van der Waals surface area contributed by atoms with Crippen molar-refractivity contribution in [3.05, 3.63) is 108 Å². The maximum Gasteiger partial charge on any atom is 0.252 e. The fourth-order valence-corrected chi connectivity index (χ4v) is 3.13. The molecule has 7 heteroatoms. The molecule has 4 aromatic rings. The zero-order valence-corrected chi connectivity index (χ0v) is 17.3. The van der Waals surface area contributed by atoms with Gasteiger partial charge in [-0.05, 0) is 48.5 Å². The molecule has 4 rings (SSSR count). The molecule has 0 unspecified atom stereocenters. The molecule has 0 fully saturated rings. The highest BCUT2D eigenvalue weighted by Gasteiger charge is 2.13. The standard InChI is InChI=1S/C25H22N4O3/c30-24(28-20-11-13-21(14-12-20)29-16-6-15-27-29)17-26-25(31)23-10-5-4-7-19(23)18-32-22-8-2-1-3-9-22/h1-16H,17-18H2,(H,26,31)(H,28,30). The lowest BCUT2D eigenvalue weighted by atomic mass is 10.1. The maximum atomic E-state index is 12.7. The van der Waals surface area contributed by atoms with Gasteiger partial charge in [-0.1, -0.05) is 36.4 Å². The van der Waals surface area contributed by atoms with Gasteiger partial charge in [-0.25, -0.2) is 4.68 Å². The van der Waals surface area contributed by atoms with E-state index in [9.17, 15) is 9.59 Å². The number of aromatic nitrogens is 2. The topological polar surface area (TPSA) is 85.3 Å². The third-order valence-corrected chi connectivity index (χ3v) is 4.73. The first-order valence-corrected chi connectivity index (χ1v) is 10.1. The number of rotatable bonds is 8. The van der Waals surface area contributed by atoms with Gasteiger partial charge in [0.05, 0.1) is 12.2 Å². The van der Waals surface area contributed by atoms with E-state index in [1.807, 2.05) is 66.9 Å². The fourth-order valence-electron chi connectivity index (χ4n) is 3.13. The number of para-hydroxylation sites is 1. The van der Waals surface area contributed by atoms with Gasteiger partial charge in [0.1, 0.15) is 12.4 Å². The van der Waals surface area contributed by atoms with Crippen molar-refractivity contribution in [3.63, 3.8) is 0 Å². The number of carbonyl (C=O) groups excluding carboxylic acids is 2. The second-order valence-electron chi connectivity index (χ2n) is 6.99. The Kier molecular flexibility index (Phi) is 6.57. The Morgan fingerprint density at radius 1 is 0.875 bits per heavy atom. The van der Waals surface area contributed by atoms with Crippen molar-refractivity contribution in [2.24, 2.45) is 0 Å². The summed E-state index contributed by atoms with van der Waals surface area (Å²) in [4.78, 5) is 24.9. The van der Waals surface area contributed by atoms with Crippen molar-refractivity contribution >= 4 is 17.5 Å². The molecule has 0 spiro atoms. The largest absolute Gasteiger partial charge is 0.489 e. The SMILES string of the molecule is O=C(CNC(=O)c1ccccc1COc1ccccc1)Nc1ccc(-n2cccn2)cc1. The Bertz CT molecular complexity index is 1170. The van der Waals surface area contributed by atoms with Gasteiger partial charge in [0.15, 0.2) is 0 Å². The van der Waals surface area contributed by atoms with Gasteiger partial charge >= 0.3 is 0 Å². The van der Waals surface area contributed by atoms with Gasteiger partial charge in [0.25, 0.3) is 5.91 Å². The quantitative estimate of drug-likeness (QED) is 0.449. The first-order chi connectivity index (χ1) is 15.7. The van der Waals surface area contributed by atoms with Gasteiger partial charge in [-0.2, -0.15) is 5.10 Å². The molecule has 3 aromatic carbocycles. The van der Waals surface area contributed by atoms with Gasteiger partial charge in [0.2, 0.25) is 5.91 Å². The zero-order chi connectivity index (χ0) is 22.2. The van der Waals surface area contributed by atoms with Crippen molar-refractivity contribution in [3.8, 4) is 11.4 Å². The zero-order valence-electron chi connectivity index (χ0n) is 17.3. The van der Waals surface area contributed by atoms with Crippen LogP contribution in [-0.4, -0.2) is 28.1 Å². The molecule has 160 valence electrons. The Hall–Kier alpha value is -4.39. The van der Waals surface area contributed by atoms with E-state index >= 15 is 0 Å². The monoisotopic (exact) mass is 426 g/mol. The molecule has 0 saturated heterocycles. The molecule has 0 atom stereocenters. The molecule has 0 radical (unpaired) electrons. The molecule has 0 aliphatic carbocycles. The van der Waals surface area contributed by atoms with E-state index in [0.29, 0.717) is 11.3 Å².